The van der Waals surface area contributed by atoms with Crippen LogP contribution in [0.15, 0.2) is 30.5 Å². The molecule has 1 N–H and O–H groups in total. The van der Waals surface area contributed by atoms with E-state index in [1.807, 2.05) is 25.1 Å². The Bertz CT molecular complexity index is 980. The van der Waals surface area contributed by atoms with Gasteiger partial charge in [-0.05, 0) is 25.1 Å². The first-order valence-electron chi connectivity index (χ1n) is 8.44. The highest BCUT2D eigenvalue weighted by Crippen LogP contribution is 2.19. The normalized spacial score (nSPS) is 10.7. The Labute approximate surface area is 151 Å². The lowest BCUT2D eigenvalue weighted by Gasteiger charge is -2.20. The predicted molar refractivity (Wildman–Crippen MR) is 98.1 cm³/mol. The molecular formula is C19H21N5O2. The first kappa shape index (κ1) is 17.5. The number of imidazole rings is 1. The van der Waals surface area contributed by atoms with Crippen LogP contribution in [0.2, 0.25) is 0 Å². The van der Waals surface area contributed by atoms with Gasteiger partial charge in [-0.2, -0.15) is 5.26 Å². The molecular weight excluding hydrogens is 330 g/mol. The molecule has 1 amide bonds. The predicted octanol–water partition coefficient (Wildman–Crippen LogP) is 2.49. The van der Waals surface area contributed by atoms with E-state index in [1.165, 1.54) is 0 Å². The number of methoxy groups -OCH3 is 1. The van der Waals surface area contributed by atoms with Crippen LogP contribution in [-0.2, 0) is 13.5 Å². The standard InChI is InChI=1S/C19H21N5O2/c1-4-24(19(25)17-9-13(11-20)12-23(17)2)8-7-18-21-15-6-5-14(26-3)10-16(15)22-18/h5-6,9-10,12H,4,7-8H2,1-3H3,(H,21,22). The summed E-state index contributed by atoms with van der Waals surface area (Å²) in [6.45, 7) is 3.06. The molecule has 0 atom stereocenters. The number of hydrogen-bond acceptors (Lipinski definition) is 4. The van der Waals surface area contributed by atoms with Gasteiger partial charge >= 0.3 is 0 Å². The smallest absolute Gasteiger partial charge is 0.270 e. The summed E-state index contributed by atoms with van der Waals surface area (Å²) in [5, 5.41) is 9.00. The molecule has 134 valence electrons. The summed E-state index contributed by atoms with van der Waals surface area (Å²) in [6.07, 6.45) is 2.28. The van der Waals surface area contributed by atoms with Crippen molar-refractivity contribution in [3.8, 4) is 11.8 Å². The zero-order chi connectivity index (χ0) is 18.7. The third-order valence-electron chi connectivity index (χ3n) is 4.38. The van der Waals surface area contributed by atoms with E-state index in [0.717, 1.165) is 22.6 Å². The number of aryl methyl sites for hydroxylation is 1. The first-order valence-corrected chi connectivity index (χ1v) is 8.44. The minimum absolute atomic E-state index is 0.0886. The monoisotopic (exact) mass is 351 g/mol. The fourth-order valence-electron chi connectivity index (χ4n) is 2.93. The average molecular weight is 351 g/mol. The first-order chi connectivity index (χ1) is 12.5. The van der Waals surface area contributed by atoms with E-state index in [2.05, 4.69) is 16.0 Å². The lowest BCUT2D eigenvalue weighted by atomic mass is 10.3. The molecule has 0 spiro atoms. The summed E-state index contributed by atoms with van der Waals surface area (Å²) in [5.74, 6) is 1.51. The number of hydrogen-bond donors (Lipinski definition) is 1. The average Bonchev–Trinajstić information content (AvgIpc) is 3.23. The molecule has 2 aromatic heterocycles. The minimum atomic E-state index is -0.0886. The van der Waals surface area contributed by atoms with Gasteiger partial charge in [0, 0.05) is 38.8 Å². The second kappa shape index (κ2) is 7.31. The van der Waals surface area contributed by atoms with E-state index in [0.29, 0.717) is 30.8 Å². The third kappa shape index (κ3) is 3.40. The summed E-state index contributed by atoms with van der Waals surface area (Å²) in [4.78, 5) is 22.3. The van der Waals surface area contributed by atoms with Crippen LogP contribution >= 0.6 is 0 Å². The molecule has 3 rings (SSSR count). The van der Waals surface area contributed by atoms with Crippen LogP contribution in [0.3, 0.4) is 0 Å². The van der Waals surface area contributed by atoms with Gasteiger partial charge in [-0.3, -0.25) is 4.79 Å². The number of ether oxygens (including phenoxy) is 1. The molecule has 0 bridgehead atoms. The molecule has 0 aliphatic carbocycles. The third-order valence-corrected chi connectivity index (χ3v) is 4.38. The van der Waals surface area contributed by atoms with Gasteiger partial charge in [-0.15, -0.1) is 0 Å². The van der Waals surface area contributed by atoms with E-state index in [9.17, 15) is 4.79 Å². The van der Waals surface area contributed by atoms with E-state index in [1.54, 1.807) is 35.9 Å². The molecule has 26 heavy (non-hydrogen) atoms. The highest BCUT2D eigenvalue weighted by molar-refractivity contribution is 5.93. The second-order valence-electron chi connectivity index (χ2n) is 6.04. The molecule has 0 radical (unpaired) electrons. The number of aromatic nitrogens is 3. The molecule has 0 aliphatic rings. The largest absolute Gasteiger partial charge is 0.497 e. The van der Waals surface area contributed by atoms with Gasteiger partial charge in [0.2, 0.25) is 0 Å². The summed E-state index contributed by atoms with van der Waals surface area (Å²) >= 11 is 0. The molecule has 7 heteroatoms. The van der Waals surface area contributed by atoms with Crippen molar-refractivity contribution in [2.45, 2.75) is 13.3 Å². The number of amides is 1. The summed E-state index contributed by atoms with van der Waals surface area (Å²) in [5.41, 5.74) is 2.78. The van der Waals surface area contributed by atoms with Crippen LogP contribution in [-0.4, -0.2) is 45.5 Å². The van der Waals surface area contributed by atoms with Crippen LogP contribution in [0.25, 0.3) is 11.0 Å². The Hall–Kier alpha value is -3.27. The molecule has 0 saturated carbocycles. The van der Waals surface area contributed by atoms with E-state index in [-0.39, 0.29) is 5.91 Å². The van der Waals surface area contributed by atoms with Crippen LogP contribution in [0.1, 0.15) is 28.8 Å². The number of nitrogens with one attached hydrogen (secondary N) is 1. The van der Waals surface area contributed by atoms with Gasteiger partial charge in [0.25, 0.3) is 5.91 Å². The van der Waals surface area contributed by atoms with Crippen molar-refractivity contribution >= 4 is 16.9 Å². The Morgan fingerprint density at radius 1 is 1.42 bits per heavy atom. The van der Waals surface area contributed by atoms with Crippen molar-refractivity contribution in [1.82, 2.24) is 19.4 Å². The Morgan fingerprint density at radius 3 is 2.88 bits per heavy atom. The van der Waals surface area contributed by atoms with Crippen molar-refractivity contribution in [3.63, 3.8) is 0 Å². The molecule has 3 aromatic rings. The number of likely N-dealkylation sites (N-methyl/N-ethyl adjacent to an activating group) is 1. The Kier molecular flexibility index (Phi) is 4.94. The second-order valence-corrected chi connectivity index (χ2v) is 6.04. The number of aromatic amines is 1. The van der Waals surface area contributed by atoms with Gasteiger partial charge in [0.1, 0.15) is 23.3 Å². The fourth-order valence-corrected chi connectivity index (χ4v) is 2.93. The highest BCUT2D eigenvalue weighted by Gasteiger charge is 2.18. The van der Waals surface area contributed by atoms with Gasteiger partial charge in [-0.1, -0.05) is 0 Å². The van der Waals surface area contributed by atoms with Crippen molar-refractivity contribution < 1.29 is 9.53 Å². The van der Waals surface area contributed by atoms with E-state index in [4.69, 9.17) is 10.00 Å². The lowest BCUT2D eigenvalue weighted by Crippen LogP contribution is -2.34. The maximum atomic E-state index is 12.8. The quantitative estimate of drug-likeness (QED) is 0.739. The minimum Gasteiger partial charge on any atom is -0.497 e. The summed E-state index contributed by atoms with van der Waals surface area (Å²) < 4.78 is 6.92. The highest BCUT2D eigenvalue weighted by atomic mass is 16.5. The summed E-state index contributed by atoms with van der Waals surface area (Å²) in [6, 6.07) is 9.37. The summed E-state index contributed by atoms with van der Waals surface area (Å²) in [7, 11) is 3.40. The van der Waals surface area contributed by atoms with Gasteiger partial charge in [-0.25, -0.2) is 4.98 Å². The SMILES string of the molecule is CCN(CCc1nc2ccc(OC)cc2[nH]1)C(=O)c1cc(C#N)cn1C. The molecule has 0 saturated heterocycles. The number of nitriles is 1. The number of rotatable bonds is 6. The van der Waals surface area contributed by atoms with Crippen molar-refractivity contribution in [1.29, 1.82) is 5.26 Å². The Balaban J connectivity index is 1.73. The van der Waals surface area contributed by atoms with Crippen molar-refractivity contribution in [2.75, 3.05) is 20.2 Å². The van der Waals surface area contributed by atoms with E-state index < -0.39 is 0 Å². The van der Waals surface area contributed by atoms with Crippen LogP contribution in [0.4, 0.5) is 0 Å². The fraction of sp³-hybridized carbons (Fsp3) is 0.316. The molecule has 0 unspecified atom stereocenters. The van der Waals surface area contributed by atoms with Gasteiger partial charge in [0.05, 0.1) is 23.7 Å². The molecule has 2 heterocycles. The number of carbonyl (C=O) groups is 1. The zero-order valence-corrected chi connectivity index (χ0v) is 15.1. The maximum absolute atomic E-state index is 12.8. The zero-order valence-electron chi connectivity index (χ0n) is 15.1. The van der Waals surface area contributed by atoms with Gasteiger partial charge < -0.3 is 19.2 Å². The van der Waals surface area contributed by atoms with Crippen LogP contribution < -0.4 is 4.74 Å². The number of benzene rings is 1. The molecule has 0 fully saturated rings. The topological polar surface area (TPSA) is 86.9 Å². The molecule has 0 aliphatic heterocycles. The number of fused-ring (bicyclic) bond motifs is 1. The molecule has 7 nitrogen and oxygen atoms in total. The van der Waals surface area contributed by atoms with Crippen molar-refractivity contribution in [2.24, 2.45) is 7.05 Å². The maximum Gasteiger partial charge on any atom is 0.270 e. The van der Waals surface area contributed by atoms with Crippen LogP contribution in [0.5, 0.6) is 5.75 Å². The Morgan fingerprint density at radius 2 is 2.23 bits per heavy atom. The number of nitrogens with zero attached hydrogens (tertiary/aromatic N) is 4. The lowest BCUT2D eigenvalue weighted by molar-refractivity contribution is 0.0756. The number of H-pyrrole nitrogens is 1. The van der Waals surface area contributed by atoms with Gasteiger partial charge in [0.15, 0.2) is 0 Å². The number of carbonyl (C=O) groups excluding carboxylic acids is 1. The van der Waals surface area contributed by atoms with E-state index >= 15 is 0 Å². The van der Waals surface area contributed by atoms with Crippen LogP contribution in [0, 0.1) is 11.3 Å². The van der Waals surface area contributed by atoms with Crippen molar-refractivity contribution in [3.05, 3.63) is 47.5 Å². The molecule has 1 aromatic carbocycles.